The van der Waals surface area contributed by atoms with Crippen LogP contribution in [-0.2, 0) is 0 Å². The van der Waals surface area contributed by atoms with E-state index < -0.39 is 0 Å². The number of hydrogen-bond donors (Lipinski definition) is 1. The van der Waals surface area contributed by atoms with E-state index in [1.807, 2.05) is 13.1 Å². The van der Waals surface area contributed by atoms with Gasteiger partial charge in [0.15, 0.2) is 0 Å². The number of halogens is 1. The zero-order valence-electron chi connectivity index (χ0n) is 7.56. The Morgan fingerprint density at radius 1 is 1.33 bits per heavy atom. The average molecular weight is 185 g/mol. The molecular weight excluding hydrogens is 172 g/mol. The summed E-state index contributed by atoms with van der Waals surface area (Å²) in [4.78, 5) is 0. The van der Waals surface area contributed by atoms with Crippen molar-refractivity contribution in [3.8, 4) is 0 Å². The Labute approximate surface area is 73.7 Å². The average Bonchev–Trinajstić information content (AvgIpc) is 2.03. The quantitative estimate of drug-likeness (QED) is 0.697. The van der Waals surface area contributed by atoms with E-state index in [0.29, 0.717) is 0 Å². The van der Waals surface area contributed by atoms with Gasteiger partial charge < -0.3 is 5.32 Å². The zero-order valence-corrected chi connectivity index (χ0v) is 8.45. The minimum absolute atomic E-state index is 0.164. The van der Waals surface area contributed by atoms with Crippen LogP contribution in [0.5, 0.6) is 0 Å². The molecule has 0 saturated heterocycles. The lowest BCUT2D eigenvalue weighted by molar-refractivity contribution is 0.629. The van der Waals surface area contributed by atoms with Crippen molar-refractivity contribution in [2.75, 3.05) is 25.7 Å². The summed E-state index contributed by atoms with van der Waals surface area (Å²) in [5.41, 5.74) is 0.908. The van der Waals surface area contributed by atoms with Crippen LogP contribution in [-0.4, -0.2) is 20.4 Å². The van der Waals surface area contributed by atoms with E-state index in [2.05, 4.69) is 18.6 Å². The van der Waals surface area contributed by atoms with Crippen LogP contribution in [0.2, 0.25) is 0 Å². The molecule has 1 nitrogen and oxygen atoms in total. The van der Waals surface area contributed by atoms with Gasteiger partial charge in [-0.25, -0.2) is 4.39 Å². The molecule has 12 heavy (non-hydrogen) atoms. The highest BCUT2D eigenvalue weighted by Crippen LogP contribution is 2.28. The van der Waals surface area contributed by atoms with Crippen molar-refractivity contribution in [3.05, 3.63) is 24.0 Å². The topological polar surface area (TPSA) is 12.0 Å². The molecule has 0 bridgehead atoms. The monoisotopic (exact) mass is 185 g/mol. The predicted octanol–water partition coefficient (Wildman–Crippen LogP) is 2.23. The van der Waals surface area contributed by atoms with Crippen molar-refractivity contribution in [2.24, 2.45) is 0 Å². The van der Waals surface area contributed by atoms with E-state index in [1.165, 1.54) is 17.4 Å². The normalized spacial score (nSPS) is 10.4. The Bertz CT molecular complexity index is 273. The zero-order chi connectivity index (χ0) is 9.14. The molecule has 0 aliphatic heterocycles. The third-order valence-electron chi connectivity index (χ3n) is 1.71. The number of anilines is 1. The standard InChI is InChI=1S/C9H13FNP/c1-11-8-6-7(10)4-5-9(8)12(2)3/h4-6,11H,1-3H3. The summed E-state index contributed by atoms with van der Waals surface area (Å²) in [7, 11) is 1.65. The van der Waals surface area contributed by atoms with Crippen LogP contribution in [0.3, 0.4) is 0 Å². The first-order valence-electron chi connectivity index (χ1n) is 3.80. The fraction of sp³-hybridized carbons (Fsp3) is 0.333. The minimum atomic E-state index is -0.181. The van der Waals surface area contributed by atoms with Gasteiger partial charge in [-0.2, -0.15) is 0 Å². The highest BCUT2D eigenvalue weighted by molar-refractivity contribution is 7.64. The van der Waals surface area contributed by atoms with E-state index in [1.54, 1.807) is 0 Å². The van der Waals surface area contributed by atoms with Crippen LogP contribution in [0.1, 0.15) is 0 Å². The van der Waals surface area contributed by atoms with Crippen molar-refractivity contribution in [2.45, 2.75) is 0 Å². The van der Waals surface area contributed by atoms with E-state index >= 15 is 0 Å². The Hall–Kier alpha value is -0.620. The van der Waals surface area contributed by atoms with E-state index in [0.717, 1.165) is 5.69 Å². The van der Waals surface area contributed by atoms with E-state index in [9.17, 15) is 4.39 Å². The molecular formula is C9H13FNP. The molecule has 1 aromatic rings. The van der Waals surface area contributed by atoms with E-state index in [4.69, 9.17) is 0 Å². The first-order valence-corrected chi connectivity index (χ1v) is 6.03. The Balaban J connectivity index is 3.11. The maximum Gasteiger partial charge on any atom is 0.125 e. The molecule has 1 aromatic carbocycles. The third kappa shape index (κ3) is 1.95. The second-order valence-electron chi connectivity index (χ2n) is 2.81. The fourth-order valence-corrected chi connectivity index (χ4v) is 2.13. The number of nitrogens with one attached hydrogen (secondary N) is 1. The SMILES string of the molecule is CNc1cc(F)ccc1P(C)C. The summed E-state index contributed by atoms with van der Waals surface area (Å²) in [6, 6.07) is 4.91. The van der Waals surface area contributed by atoms with Crippen LogP contribution in [0.4, 0.5) is 10.1 Å². The highest BCUT2D eigenvalue weighted by Gasteiger charge is 2.05. The lowest BCUT2D eigenvalue weighted by atomic mass is 10.3. The van der Waals surface area contributed by atoms with Crippen molar-refractivity contribution in [3.63, 3.8) is 0 Å². The van der Waals surface area contributed by atoms with Gasteiger partial charge in [0.2, 0.25) is 0 Å². The first-order chi connectivity index (χ1) is 5.65. The van der Waals surface area contributed by atoms with Crippen LogP contribution < -0.4 is 10.6 Å². The van der Waals surface area contributed by atoms with Gasteiger partial charge in [-0.1, -0.05) is 7.92 Å². The molecule has 66 valence electrons. The highest BCUT2D eigenvalue weighted by atomic mass is 31.1. The Morgan fingerprint density at radius 2 is 2.00 bits per heavy atom. The molecule has 0 radical (unpaired) electrons. The smallest absolute Gasteiger partial charge is 0.125 e. The molecule has 0 fully saturated rings. The van der Waals surface area contributed by atoms with Crippen LogP contribution in [0.15, 0.2) is 18.2 Å². The van der Waals surface area contributed by atoms with Gasteiger partial charge in [-0.15, -0.1) is 0 Å². The van der Waals surface area contributed by atoms with Gasteiger partial charge in [0.25, 0.3) is 0 Å². The molecule has 1 rings (SSSR count). The molecule has 0 heterocycles. The predicted molar refractivity (Wildman–Crippen MR) is 54.3 cm³/mol. The molecule has 0 aromatic heterocycles. The molecule has 0 saturated carbocycles. The summed E-state index contributed by atoms with van der Waals surface area (Å²) in [5, 5.41) is 4.21. The van der Waals surface area contributed by atoms with Gasteiger partial charge >= 0.3 is 0 Å². The summed E-state index contributed by atoms with van der Waals surface area (Å²) in [6.07, 6.45) is 0. The molecule has 0 aliphatic carbocycles. The first kappa shape index (κ1) is 9.47. The maximum atomic E-state index is 12.8. The van der Waals surface area contributed by atoms with Crippen LogP contribution in [0.25, 0.3) is 0 Å². The van der Waals surface area contributed by atoms with Crippen LogP contribution >= 0.6 is 7.92 Å². The number of benzene rings is 1. The van der Waals surface area contributed by atoms with Gasteiger partial charge in [-0.05, 0) is 36.8 Å². The summed E-state index contributed by atoms with van der Waals surface area (Å²) >= 11 is 0. The van der Waals surface area contributed by atoms with Crippen LogP contribution in [0, 0.1) is 5.82 Å². The van der Waals surface area contributed by atoms with Crippen molar-refractivity contribution in [1.29, 1.82) is 0 Å². The minimum Gasteiger partial charge on any atom is -0.388 e. The van der Waals surface area contributed by atoms with Crippen molar-refractivity contribution in [1.82, 2.24) is 0 Å². The Morgan fingerprint density at radius 3 is 2.50 bits per heavy atom. The molecule has 0 amide bonds. The maximum absolute atomic E-state index is 12.8. The summed E-state index contributed by atoms with van der Waals surface area (Å²) in [6.45, 7) is 4.31. The summed E-state index contributed by atoms with van der Waals surface area (Å²) in [5.74, 6) is -0.181. The molecule has 0 aliphatic rings. The van der Waals surface area contributed by atoms with Gasteiger partial charge in [0.05, 0.1) is 0 Å². The van der Waals surface area contributed by atoms with E-state index in [-0.39, 0.29) is 13.7 Å². The second-order valence-corrected chi connectivity index (χ2v) is 5.08. The molecule has 0 spiro atoms. The van der Waals surface area contributed by atoms with Crippen molar-refractivity contribution >= 4 is 18.9 Å². The van der Waals surface area contributed by atoms with Gasteiger partial charge in [-0.3, -0.25) is 0 Å². The molecule has 1 N–H and O–H groups in total. The third-order valence-corrected chi connectivity index (χ3v) is 3.06. The van der Waals surface area contributed by atoms with Gasteiger partial charge in [0.1, 0.15) is 5.82 Å². The molecule has 0 unspecified atom stereocenters. The molecule has 3 heteroatoms. The Kier molecular flexibility index (Phi) is 3.05. The number of rotatable bonds is 2. The van der Waals surface area contributed by atoms with Gasteiger partial charge in [0, 0.05) is 12.7 Å². The second kappa shape index (κ2) is 3.86. The fourth-order valence-electron chi connectivity index (χ4n) is 1.10. The van der Waals surface area contributed by atoms with Crippen molar-refractivity contribution < 1.29 is 4.39 Å². The summed E-state index contributed by atoms with van der Waals surface area (Å²) < 4.78 is 12.8. The molecule has 0 atom stereocenters. The lowest BCUT2D eigenvalue weighted by Crippen LogP contribution is -2.07. The number of hydrogen-bond acceptors (Lipinski definition) is 1. The lowest BCUT2D eigenvalue weighted by Gasteiger charge is -2.12. The largest absolute Gasteiger partial charge is 0.388 e.